The molecule has 0 aliphatic rings. The summed E-state index contributed by atoms with van der Waals surface area (Å²) in [7, 11) is 0. The molecule has 4 heteroatoms. The molecule has 0 saturated heterocycles. The van der Waals surface area contributed by atoms with Crippen LogP contribution in [0.15, 0.2) is 36.4 Å². The van der Waals surface area contributed by atoms with E-state index in [1.165, 1.54) is 12.1 Å². The van der Waals surface area contributed by atoms with Gasteiger partial charge in [-0.05, 0) is 12.1 Å². The quantitative estimate of drug-likeness (QED) is 0.361. The molecule has 0 bridgehead atoms. The van der Waals surface area contributed by atoms with Crippen molar-refractivity contribution in [3.63, 3.8) is 0 Å². The van der Waals surface area contributed by atoms with E-state index < -0.39 is 0 Å². The SMILES string of the molecule is Oc1c2cccc(O)c2c(O)c2c(O)cccc12. The summed E-state index contributed by atoms with van der Waals surface area (Å²) in [4.78, 5) is 0. The summed E-state index contributed by atoms with van der Waals surface area (Å²) in [6, 6.07) is 9.15. The Bertz CT molecular complexity index is 715. The van der Waals surface area contributed by atoms with Crippen LogP contribution in [0.1, 0.15) is 0 Å². The number of hydrogen-bond donors (Lipinski definition) is 4. The second-order valence-electron chi connectivity index (χ2n) is 4.10. The van der Waals surface area contributed by atoms with Gasteiger partial charge in [0, 0.05) is 10.8 Å². The van der Waals surface area contributed by atoms with Gasteiger partial charge in [-0.2, -0.15) is 0 Å². The van der Waals surface area contributed by atoms with Crippen molar-refractivity contribution in [2.24, 2.45) is 0 Å². The Morgan fingerprint density at radius 1 is 0.556 bits per heavy atom. The van der Waals surface area contributed by atoms with Crippen LogP contribution in [-0.2, 0) is 0 Å². The highest BCUT2D eigenvalue weighted by Gasteiger charge is 2.17. The Kier molecular flexibility index (Phi) is 2.01. The Balaban J connectivity index is 2.71. The lowest BCUT2D eigenvalue weighted by Crippen LogP contribution is -1.82. The molecule has 0 spiro atoms. The molecular weight excluding hydrogens is 232 g/mol. The zero-order valence-corrected chi connectivity index (χ0v) is 9.25. The summed E-state index contributed by atoms with van der Waals surface area (Å²) in [6.45, 7) is 0. The molecule has 0 amide bonds. The molecule has 4 N–H and O–H groups in total. The van der Waals surface area contributed by atoms with Crippen LogP contribution in [0.5, 0.6) is 23.0 Å². The van der Waals surface area contributed by atoms with Gasteiger partial charge in [-0.25, -0.2) is 0 Å². The van der Waals surface area contributed by atoms with Crippen molar-refractivity contribution in [1.29, 1.82) is 0 Å². The van der Waals surface area contributed by atoms with E-state index in [1.54, 1.807) is 24.3 Å². The lowest BCUT2D eigenvalue weighted by molar-refractivity contribution is 0.455. The topological polar surface area (TPSA) is 80.9 Å². The fourth-order valence-corrected chi connectivity index (χ4v) is 2.24. The average molecular weight is 242 g/mol. The minimum atomic E-state index is -0.242. The van der Waals surface area contributed by atoms with E-state index in [1.807, 2.05) is 0 Å². The highest BCUT2D eigenvalue weighted by atomic mass is 16.3. The Morgan fingerprint density at radius 2 is 1.00 bits per heavy atom. The number of aromatic hydroxyl groups is 4. The van der Waals surface area contributed by atoms with E-state index in [9.17, 15) is 20.4 Å². The maximum Gasteiger partial charge on any atom is 0.138 e. The molecule has 0 unspecified atom stereocenters. The summed E-state index contributed by atoms with van der Waals surface area (Å²) in [5.41, 5.74) is 0. The summed E-state index contributed by atoms with van der Waals surface area (Å²) < 4.78 is 0. The fourth-order valence-electron chi connectivity index (χ4n) is 2.24. The van der Waals surface area contributed by atoms with Gasteiger partial charge >= 0.3 is 0 Å². The molecule has 4 nitrogen and oxygen atoms in total. The first-order valence-electron chi connectivity index (χ1n) is 5.38. The van der Waals surface area contributed by atoms with Crippen LogP contribution < -0.4 is 0 Å². The van der Waals surface area contributed by atoms with Crippen molar-refractivity contribution in [1.82, 2.24) is 0 Å². The molecule has 0 heterocycles. The molecule has 3 rings (SSSR count). The molecule has 3 aromatic carbocycles. The minimum Gasteiger partial charge on any atom is -0.507 e. The van der Waals surface area contributed by atoms with E-state index in [4.69, 9.17) is 0 Å². The van der Waals surface area contributed by atoms with Gasteiger partial charge in [0.25, 0.3) is 0 Å². The predicted octanol–water partition coefficient (Wildman–Crippen LogP) is 2.82. The molecule has 0 radical (unpaired) electrons. The molecule has 0 aliphatic heterocycles. The van der Waals surface area contributed by atoms with Gasteiger partial charge in [0.1, 0.15) is 23.0 Å². The van der Waals surface area contributed by atoms with E-state index >= 15 is 0 Å². The first-order valence-corrected chi connectivity index (χ1v) is 5.38. The van der Waals surface area contributed by atoms with Gasteiger partial charge in [0.15, 0.2) is 0 Å². The second kappa shape index (κ2) is 3.43. The maximum absolute atomic E-state index is 10.2. The lowest BCUT2D eigenvalue weighted by atomic mass is 9.99. The standard InChI is InChI=1S/C14H10O4/c15-9-5-1-3-7-11(9)14(18)12-8(13(7)17)4-2-6-10(12)16/h1-6,15-18H. The van der Waals surface area contributed by atoms with Crippen LogP contribution in [0, 0.1) is 0 Å². The highest BCUT2D eigenvalue weighted by molar-refractivity contribution is 6.14. The normalized spacial score (nSPS) is 11.1. The summed E-state index contributed by atoms with van der Waals surface area (Å²) >= 11 is 0. The average Bonchev–Trinajstić information content (AvgIpc) is 2.35. The van der Waals surface area contributed by atoms with Gasteiger partial charge in [0.05, 0.1) is 10.8 Å². The number of hydrogen-bond acceptors (Lipinski definition) is 4. The molecule has 0 aromatic heterocycles. The number of benzene rings is 3. The summed E-state index contributed by atoms with van der Waals surface area (Å²) in [5, 5.41) is 40.8. The fraction of sp³-hybridized carbons (Fsp3) is 0. The Labute approximate surface area is 102 Å². The largest absolute Gasteiger partial charge is 0.507 e. The van der Waals surface area contributed by atoms with E-state index in [0.717, 1.165) is 0 Å². The zero-order chi connectivity index (χ0) is 12.9. The Morgan fingerprint density at radius 3 is 1.44 bits per heavy atom. The lowest BCUT2D eigenvalue weighted by Gasteiger charge is -2.11. The number of phenolic OH excluding ortho intramolecular Hbond substituents is 4. The van der Waals surface area contributed by atoms with Crippen molar-refractivity contribution >= 4 is 21.5 Å². The third kappa shape index (κ3) is 1.20. The molecule has 0 fully saturated rings. The van der Waals surface area contributed by atoms with E-state index in [2.05, 4.69) is 0 Å². The van der Waals surface area contributed by atoms with Crippen LogP contribution in [0.25, 0.3) is 21.5 Å². The van der Waals surface area contributed by atoms with Crippen molar-refractivity contribution < 1.29 is 20.4 Å². The van der Waals surface area contributed by atoms with E-state index in [0.29, 0.717) is 10.8 Å². The van der Waals surface area contributed by atoms with Crippen molar-refractivity contribution in [2.45, 2.75) is 0 Å². The van der Waals surface area contributed by atoms with Gasteiger partial charge in [-0.15, -0.1) is 0 Å². The summed E-state index contributed by atoms with van der Waals surface area (Å²) in [6.07, 6.45) is 0. The minimum absolute atomic E-state index is 0.0791. The molecular formula is C14H10O4. The van der Waals surface area contributed by atoms with E-state index in [-0.39, 0.29) is 33.8 Å². The van der Waals surface area contributed by atoms with Crippen LogP contribution in [0.4, 0.5) is 0 Å². The predicted molar refractivity (Wildman–Crippen MR) is 68.1 cm³/mol. The monoisotopic (exact) mass is 242 g/mol. The maximum atomic E-state index is 10.2. The highest BCUT2D eigenvalue weighted by Crippen LogP contribution is 2.47. The van der Waals surface area contributed by atoms with Gasteiger partial charge in [0.2, 0.25) is 0 Å². The van der Waals surface area contributed by atoms with Crippen molar-refractivity contribution in [3.05, 3.63) is 36.4 Å². The molecule has 0 saturated carbocycles. The smallest absolute Gasteiger partial charge is 0.138 e. The molecule has 18 heavy (non-hydrogen) atoms. The zero-order valence-electron chi connectivity index (χ0n) is 9.25. The summed E-state index contributed by atoms with van der Waals surface area (Å²) in [5.74, 6) is -0.616. The van der Waals surface area contributed by atoms with Gasteiger partial charge < -0.3 is 20.4 Å². The molecule has 0 atom stereocenters. The first-order chi connectivity index (χ1) is 8.61. The van der Waals surface area contributed by atoms with Gasteiger partial charge in [-0.3, -0.25) is 0 Å². The van der Waals surface area contributed by atoms with Crippen LogP contribution >= 0.6 is 0 Å². The molecule has 90 valence electrons. The van der Waals surface area contributed by atoms with Crippen LogP contribution in [-0.4, -0.2) is 20.4 Å². The number of fused-ring (bicyclic) bond motifs is 2. The molecule has 3 aromatic rings. The first kappa shape index (κ1) is 10.5. The van der Waals surface area contributed by atoms with Crippen LogP contribution in [0.2, 0.25) is 0 Å². The van der Waals surface area contributed by atoms with Gasteiger partial charge in [-0.1, -0.05) is 24.3 Å². The van der Waals surface area contributed by atoms with Crippen LogP contribution in [0.3, 0.4) is 0 Å². The number of rotatable bonds is 0. The number of phenols is 4. The molecule has 0 aliphatic carbocycles. The third-order valence-electron chi connectivity index (χ3n) is 3.07. The third-order valence-corrected chi connectivity index (χ3v) is 3.07. The van der Waals surface area contributed by atoms with Crippen molar-refractivity contribution in [2.75, 3.05) is 0 Å². The van der Waals surface area contributed by atoms with Crippen molar-refractivity contribution in [3.8, 4) is 23.0 Å². The second-order valence-corrected chi connectivity index (χ2v) is 4.10. The Hall–Kier alpha value is -2.62.